The van der Waals surface area contributed by atoms with Gasteiger partial charge in [0.15, 0.2) is 5.78 Å². The molecule has 2 amide bonds. The molecule has 0 bridgehead atoms. The summed E-state index contributed by atoms with van der Waals surface area (Å²) in [6, 6.07) is 12.7. The summed E-state index contributed by atoms with van der Waals surface area (Å²) in [4.78, 5) is 35.1. The first kappa shape index (κ1) is 18.2. The number of carbonyl (C=O) groups excluding carboxylic acids is 3. The van der Waals surface area contributed by atoms with Crippen LogP contribution in [0.5, 0.6) is 0 Å². The highest BCUT2D eigenvalue weighted by Gasteiger charge is 2.08. The van der Waals surface area contributed by atoms with Gasteiger partial charge in [-0.05, 0) is 55.5 Å². The zero-order valence-electron chi connectivity index (χ0n) is 14.2. The Balaban J connectivity index is 0.00000338. The number of carbonyl (C=O) groups is 3. The smallest absolute Gasteiger partial charge is 0.338 e. The Bertz CT molecular complexity index is 762. The average molecular weight is 344 g/mol. The number of hydrogen-bond acceptors (Lipinski definition) is 4. The second kappa shape index (κ2) is 8.63. The van der Waals surface area contributed by atoms with Crippen LogP contribution in [0, 0.1) is 0 Å². The molecule has 0 saturated carbocycles. The van der Waals surface area contributed by atoms with E-state index in [4.69, 9.17) is 4.74 Å². The lowest BCUT2D eigenvalue weighted by Crippen LogP contribution is -2.19. The highest BCUT2D eigenvalue weighted by atomic mass is 16.5. The Hall–Kier alpha value is -3.15. The number of rotatable bonds is 6. The number of benzene rings is 2. The third-order valence-corrected chi connectivity index (χ3v) is 3.44. The quantitative estimate of drug-likeness (QED) is 0.593. The van der Waals surface area contributed by atoms with E-state index in [1.165, 1.54) is 0 Å². The second-order valence-corrected chi connectivity index (χ2v) is 5.23. The molecular weight excluding hydrogens is 320 g/mol. The Morgan fingerprint density at radius 2 is 1.32 bits per heavy atom. The van der Waals surface area contributed by atoms with Crippen LogP contribution in [0.15, 0.2) is 48.5 Å². The standard InChI is InChI=1S/C19H20N2O4.2H2/c1-3-17(22)13-5-9-15(10-6-13)20-19(24)21-16-11-7-14(8-12-16)18(23)25-4-2;;/h5-12H,3-4H2,1-2H3,(H2,20,21,24);2*1H. The molecule has 0 aromatic heterocycles. The molecule has 0 fully saturated rings. The average Bonchev–Trinajstić information content (AvgIpc) is 2.62. The summed E-state index contributed by atoms with van der Waals surface area (Å²) in [5.74, 6) is -0.349. The maximum Gasteiger partial charge on any atom is 0.338 e. The zero-order chi connectivity index (χ0) is 18.2. The van der Waals surface area contributed by atoms with Crippen LogP contribution in [0.3, 0.4) is 0 Å². The van der Waals surface area contributed by atoms with Crippen molar-refractivity contribution in [3.05, 3.63) is 59.7 Å². The molecule has 0 atom stereocenters. The van der Waals surface area contributed by atoms with Crippen molar-refractivity contribution in [3.63, 3.8) is 0 Å². The van der Waals surface area contributed by atoms with Gasteiger partial charge in [0.05, 0.1) is 12.2 Å². The first-order chi connectivity index (χ1) is 12.0. The van der Waals surface area contributed by atoms with Crippen LogP contribution in [0.4, 0.5) is 16.2 Å². The molecule has 0 unspecified atom stereocenters. The molecule has 6 heteroatoms. The molecule has 0 heterocycles. The predicted octanol–water partition coefficient (Wildman–Crippen LogP) is 4.59. The van der Waals surface area contributed by atoms with Crippen molar-refractivity contribution < 1.29 is 22.0 Å². The van der Waals surface area contributed by atoms with E-state index in [0.29, 0.717) is 35.5 Å². The minimum absolute atomic E-state index is 0. The summed E-state index contributed by atoms with van der Waals surface area (Å²) < 4.78 is 4.90. The number of ether oxygens (including phenoxy) is 1. The van der Waals surface area contributed by atoms with Gasteiger partial charge in [-0.25, -0.2) is 9.59 Å². The lowest BCUT2D eigenvalue weighted by atomic mass is 10.1. The molecule has 0 saturated heterocycles. The molecule has 2 aromatic carbocycles. The summed E-state index contributed by atoms with van der Waals surface area (Å²) in [5.41, 5.74) is 2.16. The van der Waals surface area contributed by atoms with Crippen molar-refractivity contribution in [2.75, 3.05) is 17.2 Å². The lowest BCUT2D eigenvalue weighted by Gasteiger charge is -2.09. The molecule has 2 N–H and O–H groups in total. The van der Waals surface area contributed by atoms with Crippen LogP contribution >= 0.6 is 0 Å². The van der Waals surface area contributed by atoms with Gasteiger partial charge in [0.2, 0.25) is 0 Å². The van der Waals surface area contributed by atoms with Gasteiger partial charge >= 0.3 is 12.0 Å². The molecule has 2 rings (SSSR count). The van der Waals surface area contributed by atoms with Crippen molar-refractivity contribution in [1.29, 1.82) is 0 Å². The van der Waals surface area contributed by atoms with Crippen molar-refractivity contribution in [1.82, 2.24) is 0 Å². The highest BCUT2D eigenvalue weighted by molar-refractivity contribution is 6.01. The fourth-order valence-corrected chi connectivity index (χ4v) is 2.14. The largest absolute Gasteiger partial charge is 0.462 e. The zero-order valence-corrected chi connectivity index (χ0v) is 14.2. The topological polar surface area (TPSA) is 84.5 Å². The van der Waals surface area contributed by atoms with E-state index in [2.05, 4.69) is 10.6 Å². The number of urea groups is 1. The van der Waals surface area contributed by atoms with E-state index in [9.17, 15) is 14.4 Å². The van der Waals surface area contributed by atoms with Crippen LogP contribution in [0.1, 0.15) is 43.8 Å². The molecule has 0 spiro atoms. The Kier molecular flexibility index (Phi) is 6.28. The molecular formula is C19H24N2O4. The van der Waals surface area contributed by atoms with Crippen molar-refractivity contribution >= 4 is 29.2 Å². The molecule has 0 aliphatic heterocycles. The maximum atomic E-state index is 12.0. The van der Waals surface area contributed by atoms with Crippen LogP contribution in [-0.4, -0.2) is 24.4 Å². The first-order valence-corrected chi connectivity index (χ1v) is 8.02. The van der Waals surface area contributed by atoms with E-state index < -0.39 is 12.0 Å². The van der Waals surface area contributed by atoms with Gasteiger partial charge in [-0.2, -0.15) is 0 Å². The van der Waals surface area contributed by atoms with Crippen LogP contribution < -0.4 is 10.6 Å². The number of Topliss-reactive ketones (excluding diaryl/α,β-unsaturated/α-hetero) is 1. The minimum atomic E-state index is -0.418. The molecule has 25 heavy (non-hydrogen) atoms. The van der Waals surface area contributed by atoms with Crippen LogP contribution in [0.25, 0.3) is 0 Å². The number of hydrogen-bond donors (Lipinski definition) is 2. The van der Waals surface area contributed by atoms with E-state index in [0.717, 1.165) is 0 Å². The summed E-state index contributed by atoms with van der Waals surface area (Å²) in [6.45, 7) is 3.85. The third-order valence-electron chi connectivity index (χ3n) is 3.44. The number of amides is 2. The van der Waals surface area contributed by atoms with Gasteiger partial charge in [-0.1, -0.05) is 6.92 Å². The van der Waals surface area contributed by atoms with E-state index in [1.807, 2.05) is 0 Å². The Morgan fingerprint density at radius 1 is 0.840 bits per heavy atom. The van der Waals surface area contributed by atoms with Crippen LogP contribution in [0.2, 0.25) is 0 Å². The minimum Gasteiger partial charge on any atom is -0.462 e. The molecule has 0 aliphatic carbocycles. The number of nitrogens with one attached hydrogen (secondary N) is 2. The van der Waals surface area contributed by atoms with E-state index in [-0.39, 0.29) is 8.64 Å². The van der Waals surface area contributed by atoms with Gasteiger partial charge in [0.1, 0.15) is 0 Å². The summed E-state index contributed by atoms with van der Waals surface area (Å²) in [6.07, 6.45) is 0.440. The van der Waals surface area contributed by atoms with Gasteiger partial charge < -0.3 is 15.4 Å². The second-order valence-electron chi connectivity index (χ2n) is 5.23. The van der Waals surface area contributed by atoms with Gasteiger partial charge in [-0.3, -0.25) is 4.79 Å². The highest BCUT2D eigenvalue weighted by Crippen LogP contribution is 2.14. The lowest BCUT2D eigenvalue weighted by molar-refractivity contribution is 0.0526. The monoisotopic (exact) mass is 344 g/mol. The number of anilines is 2. The van der Waals surface area contributed by atoms with Gasteiger partial charge in [0, 0.05) is 26.2 Å². The van der Waals surface area contributed by atoms with Gasteiger partial charge in [0.25, 0.3) is 0 Å². The summed E-state index contributed by atoms with van der Waals surface area (Å²) in [7, 11) is 0. The third kappa shape index (κ3) is 5.17. The maximum absolute atomic E-state index is 12.0. The fourth-order valence-electron chi connectivity index (χ4n) is 2.14. The Labute approximate surface area is 149 Å². The number of ketones is 1. The summed E-state index contributed by atoms with van der Waals surface area (Å²) in [5, 5.41) is 5.35. The van der Waals surface area contributed by atoms with Crippen molar-refractivity contribution in [3.8, 4) is 0 Å². The molecule has 2 aromatic rings. The molecule has 0 radical (unpaired) electrons. The molecule has 134 valence electrons. The van der Waals surface area contributed by atoms with E-state index in [1.54, 1.807) is 62.4 Å². The Morgan fingerprint density at radius 3 is 1.76 bits per heavy atom. The first-order valence-electron chi connectivity index (χ1n) is 8.02. The van der Waals surface area contributed by atoms with Crippen molar-refractivity contribution in [2.24, 2.45) is 0 Å². The van der Waals surface area contributed by atoms with Gasteiger partial charge in [-0.15, -0.1) is 0 Å². The van der Waals surface area contributed by atoms with E-state index >= 15 is 0 Å². The van der Waals surface area contributed by atoms with Crippen molar-refractivity contribution in [2.45, 2.75) is 20.3 Å². The number of esters is 1. The predicted molar refractivity (Wildman–Crippen MR) is 100 cm³/mol. The normalized spacial score (nSPS) is 10.0. The molecule has 6 nitrogen and oxygen atoms in total. The summed E-state index contributed by atoms with van der Waals surface area (Å²) >= 11 is 0. The molecule has 0 aliphatic rings. The van der Waals surface area contributed by atoms with Crippen LogP contribution in [-0.2, 0) is 4.74 Å². The SMILES string of the molecule is CCOC(=O)c1ccc(NC(=O)Nc2ccc(C(=O)CC)cc2)cc1.[HH].[HH]. The fraction of sp³-hybridized carbons (Fsp3) is 0.211.